The molecule has 108 valence electrons. The van der Waals surface area contributed by atoms with Crippen molar-refractivity contribution in [3.8, 4) is 0 Å². The van der Waals surface area contributed by atoms with E-state index in [1.165, 1.54) is 0 Å². The van der Waals surface area contributed by atoms with Crippen LogP contribution in [0.3, 0.4) is 0 Å². The Morgan fingerprint density at radius 2 is 1.56 bits per heavy atom. The molecule has 0 aliphatic heterocycles. The Labute approximate surface area is 118 Å². The minimum atomic E-state index is -0.380. The molecule has 1 aliphatic rings. The molecule has 1 fully saturated rings. The molecular formula is C14H29ClN2O. The standard InChI is InChI=1S/C14H28N2O.ClH/c1-7-14(8-2,9-15)11(17)16-10-12(3,4)13(10,5)6;/h10H,7-9,15H2,1-6H3,(H,16,17);1H. The summed E-state index contributed by atoms with van der Waals surface area (Å²) in [5.74, 6) is 0.133. The highest BCUT2D eigenvalue weighted by Crippen LogP contribution is 2.62. The van der Waals surface area contributed by atoms with Crippen LogP contribution < -0.4 is 11.1 Å². The Morgan fingerprint density at radius 3 is 1.78 bits per heavy atom. The van der Waals surface area contributed by atoms with Gasteiger partial charge in [-0.25, -0.2) is 0 Å². The van der Waals surface area contributed by atoms with Crippen LogP contribution in [0.1, 0.15) is 54.4 Å². The smallest absolute Gasteiger partial charge is 0.227 e. The molecule has 1 saturated carbocycles. The van der Waals surface area contributed by atoms with Gasteiger partial charge in [-0.1, -0.05) is 41.5 Å². The lowest BCUT2D eigenvalue weighted by molar-refractivity contribution is -0.131. The minimum Gasteiger partial charge on any atom is -0.352 e. The fraction of sp³-hybridized carbons (Fsp3) is 0.929. The second-order valence-electron chi connectivity index (χ2n) is 6.54. The van der Waals surface area contributed by atoms with Crippen LogP contribution >= 0.6 is 12.4 Å². The van der Waals surface area contributed by atoms with E-state index >= 15 is 0 Å². The lowest BCUT2D eigenvalue weighted by atomic mass is 9.81. The van der Waals surface area contributed by atoms with E-state index < -0.39 is 0 Å². The number of nitrogens with two attached hydrogens (primary N) is 1. The normalized spacial score (nSPS) is 21.1. The number of amides is 1. The molecule has 4 heteroatoms. The average Bonchev–Trinajstić information content (AvgIpc) is 2.64. The zero-order valence-corrected chi connectivity index (χ0v) is 13.4. The van der Waals surface area contributed by atoms with Crippen LogP contribution in [-0.4, -0.2) is 18.5 Å². The molecule has 0 unspecified atom stereocenters. The SMILES string of the molecule is CCC(CC)(CN)C(=O)NC1C(C)(C)C1(C)C.Cl. The molecule has 0 heterocycles. The molecule has 1 rings (SSSR count). The van der Waals surface area contributed by atoms with Crippen molar-refractivity contribution in [1.82, 2.24) is 5.32 Å². The van der Waals surface area contributed by atoms with Crippen LogP contribution in [0.25, 0.3) is 0 Å². The first-order valence-corrected chi connectivity index (χ1v) is 6.70. The van der Waals surface area contributed by atoms with Gasteiger partial charge in [0.05, 0.1) is 5.41 Å². The summed E-state index contributed by atoms with van der Waals surface area (Å²) in [6, 6.07) is 0.270. The van der Waals surface area contributed by atoms with Crippen molar-refractivity contribution in [2.24, 2.45) is 22.0 Å². The summed E-state index contributed by atoms with van der Waals surface area (Å²) >= 11 is 0. The van der Waals surface area contributed by atoms with Gasteiger partial charge in [0, 0.05) is 12.6 Å². The molecule has 0 aromatic rings. The summed E-state index contributed by atoms with van der Waals surface area (Å²) in [6.07, 6.45) is 1.61. The van der Waals surface area contributed by atoms with Crippen molar-refractivity contribution in [2.45, 2.75) is 60.4 Å². The summed E-state index contributed by atoms with van der Waals surface area (Å²) < 4.78 is 0. The van der Waals surface area contributed by atoms with Crippen LogP contribution in [0.4, 0.5) is 0 Å². The van der Waals surface area contributed by atoms with E-state index in [1.807, 2.05) is 13.8 Å². The van der Waals surface area contributed by atoms with Gasteiger partial charge in [-0.3, -0.25) is 4.79 Å². The highest BCUT2D eigenvalue weighted by atomic mass is 35.5. The molecule has 0 spiro atoms. The largest absolute Gasteiger partial charge is 0.352 e. The van der Waals surface area contributed by atoms with E-state index in [4.69, 9.17) is 5.73 Å². The fourth-order valence-electron chi connectivity index (χ4n) is 2.79. The maximum Gasteiger partial charge on any atom is 0.227 e. The van der Waals surface area contributed by atoms with E-state index in [1.54, 1.807) is 0 Å². The first kappa shape index (κ1) is 17.7. The third-order valence-electron chi connectivity index (χ3n) is 5.52. The highest BCUT2D eigenvalue weighted by molar-refractivity contribution is 5.85. The van der Waals surface area contributed by atoms with Crippen LogP contribution in [0.2, 0.25) is 0 Å². The van der Waals surface area contributed by atoms with Crippen molar-refractivity contribution in [2.75, 3.05) is 6.54 Å². The lowest BCUT2D eigenvalue weighted by Gasteiger charge is -2.29. The van der Waals surface area contributed by atoms with Gasteiger partial charge in [0.2, 0.25) is 5.91 Å². The lowest BCUT2D eigenvalue weighted by Crippen LogP contribution is -2.47. The Hall–Kier alpha value is -0.280. The predicted octanol–water partition coefficient (Wildman–Crippen LogP) is 2.72. The van der Waals surface area contributed by atoms with Crippen LogP contribution in [0.15, 0.2) is 0 Å². The fourth-order valence-corrected chi connectivity index (χ4v) is 2.79. The highest BCUT2D eigenvalue weighted by Gasteiger charge is 2.65. The zero-order valence-electron chi connectivity index (χ0n) is 12.6. The monoisotopic (exact) mass is 276 g/mol. The van der Waals surface area contributed by atoms with Crippen LogP contribution in [-0.2, 0) is 4.79 Å². The molecule has 3 nitrogen and oxygen atoms in total. The van der Waals surface area contributed by atoms with E-state index in [9.17, 15) is 4.79 Å². The van der Waals surface area contributed by atoms with Gasteiger partial charge in [0.1, 0.15) is 0 Å². The Morgan fingerprint density at radius 1 is 1.17 bits per heavy atom. The number of hydrogen-bond acceptors (Lipinski definition) is 2. The maximum atomic E-state index is 12.4. The summed E-state index contributed by atoms with van der Waals surface area (Å²) in [4.78, 5) is 12.4. The van der Waals surface area contributed by atoms with Gasteiger partial charge in [-0.05, 0) is 23.7 Å². The van der Waals surface area contributed by atoms with Crippen LogP contribution in [0, 0.1) is 16.2 Å². The average molecular weight is 277 g/mol. The molecule has 1 amide bonds. The topological polar surface area (TPSA) is 55.1 Å². The third kappa shape index (κ3) is 2.39. The first-order valence-electron chi connectivity index (χ1n) is 6.70. The molecule has 3 N–H and O–H groups in total. The Bertz CT molecular complexity index is 287. The summed E-state index contributed by atoms with van der Waals surface area (Å²) in [6.45, 7) is 13.3. The first-order chi connectivity index (χ1) is 7.69. The molecule has 18 heavy (non-hydrogen) atoms. The van der Waals surface area contributed by atoms with E-state index in [0.29, 0.717) is 6.54 Å². The molecule has 0 bridgehead atoms. The van der Waals surface area contributed by atoms with Gasteiger partial charge in [0.15, 0.2) is 0 Å². The van der Waals surface area contributed by atoms with Crippen molar-refractivity contribution in [3.63, 3.8) is 0 Å². The second-order valence-corrected chi connectivity index (χ2v) is 6.54. The number of carbonyl (C=O) groups is 1. The molecule has 0 aromatic carbocycles. The number of hydrogen-bond donors (Lipinski definition) is 2. The molecule has 0 radical (unpaired) electrons. The van der Waals surface area contributed by atoms with Gasteiger partial charge in [-0.2, -0.15) is 0 Å². The quantitative estimate of drug-likeness (QED) is 0.811. The van der Waals surface area contributed by atoms with Gasteiger partial charge >= 0.3 is 0 Å². The third-order valence-corrected chi connectivity index (χ3v) is 5.52. The van der Waals surface area contributed by atoms with E-state index in [-0.39, 0.29) is 40.6 Å². The molecular weight excluding hydrogens is 248 g/mol. The predicted molar refractivity (Wildman–Crippen MR) is 78.8 cm³/mol. The maximum absolute atomic E-state index is 12.4. The van der Waals surface area contributed by atoms with Crippen LogP contribution in [0.5, 0.6) is 0 Å². The number of carbonyl (C=O) groups excluding carboxylic acids is 1. The summed E-state index contributed by atoms with van der Waals surface area (Å²) in [5, 5.41) is 3.21. The Kier molecular flexibility index (Phi) is 5.29. The number of nitrogens with one attached hydrogen (secondary N) is 1. The van der Waals surface area contributed by atoms with Crippen molar-refractivity contribution in [1.29, 1.82) is 0 Å². The summed E-state index contributed by atoms with van der Waals surface area (Å²) in [7, 11) is 0. The molecule has 0 saturated heterocycles. The van der Waals surface area contributed by atoms with Gasteiger partial charge < -0.3 is 11.1 Å². The van der Waals surface area contributed by atoms with Crippen molar-refractivity contribution >= 4 is 18.3 Å². The molecule has 0 atom stereocenters. The number of rotatable bonds is 5. The second kappa shape index (κ2) is 5.38. The minimum absolute atomic E-state index is 0. The molecule has 0 aromatic heterocycles. The van der Waals surface area contributed by atoms with Gasteiger partial charge in [0.25, 0.3) is 0 Å². The van der Waals surface area contributed by atoms with E-state index in [2.05, 4.69) is 33.0 Å². The van der Waals surface area contributed by atoms with Gasteiger partial charge in [-0.15, -0.1) is 12.4 Å². The van der Waals surface area contributed by atoms with E-state index in [0.717, 1.165) is 12.8 Å². The zero-order chi connectivity index (χ0) is 13.5. The molecule has 1 aliphatic carbocycles. The van der Waals surface area contributed by atoms with Crippen molar-refractivity contribution in [3.05, 3.63) is 0 Å². The Balaban J connectivity index is 0.00000289. The summed E-state index contributed by atoms with van der Waals surface area (Å²) in [5.41, 5.74) is 5.79. The number of halogens is 1. The van der Waals surface area contributed by atoms with Crippen molar-refractivity contribution < 1.29 is 4.79 Å².